The molecule has 1 aliphatic rings. The lowest BCUT2D eigenvalue weighted by atomic mass is 10.1. The smallest absolute Gasteiger partial charge is 0.168 e. The highest BCUT2D eigenvalue weighted by molar-refractivity contribution is 7.99. The first-order valence-electron chi connectivity index (χ1n) is 6.08. The van der Waals surface area contributed by atoms with E-state index in [9.17, 15) is 0 Å². The lowest BCUT2D eigenvalue weighted by Gasteiger charge is -2.30. The first kappa shape index (κ1) is 12.9. The molecule has 2 heterocycles. The fraction of sp³-hybridized carbons (Fsp3) is 0.214. The van der Waals surface area contributed by atoms with Crippen LogP contribution in [0.5, 0.6) is 0 Å². The second-order valence-electron chi connectivity index (χ2n) is 4.27. The Morgan fingerprint density at radius 3 is 3.00 bits per heavy atom. The lowest BCUT2D eigenvalue weighted by Crippen LogP contribution is -2.24. The minimum atomic E-state index is 0.408. The molecule has 0 amide bonds. The van der Waals surface area contributed by atoms with Gasteiger partial charge in [-0.1, -0.05) is 17.8 Å². The van der Waals surface area contributed by atoms with Crippen molar-refractivity contribution in [1.82, 2.24) is 9.97 Å². The molecule has 3 rings (SSSR count). The number of methoxy groups -OCH3 is 1. The van der Waals surface area contributed by atoms with Crippen LogP contribution in [0.25, 0.3) is 0 Å². The van der Waals surface area contributed by atoms with Crippen molar-refractivity contribution in [2.75, 3.05) is 18.7 Å². The summed E-state index contributed by atoms with van der Waals surface area (Å²) in [7, 11) is 1.65. The molecule has 0 N–H and O–H groups in total. The first-order valence-corrected chi connectivity index (χ1v) is 6.90. The van der Waals surface area contributed by atoms with Crippen LogP contribution in [-0.4, -0.2) is 23.8 Å². The Morgan fingerprint density at radius 2 is 2.20 bits per heavy atom. The average molecular weight is 284 g/mol. The van der Waals surface area contributed by atoms with Gasteiger partial charge in [-0.05, 0) is 17.7 Å². The largest absolute Gasteiger partial charge is 0.364 e. The Kier molecular flexibility index (Phi) is 3.54. The minimum Gasteiger partial charge on any atom is -0.364 e. The third-order valence-electron chi connectivity index (χ3n) is 2.97. The van der Waals surface area contributed by atoms with Gasteiger partial charge in [0.1, 0.15) is 11.8 Å². The van der Waals surface area contributed by atoms with Crippen molar-refractivity contribution in [2.45, 2.75) is 16.3 Å². The van der Waals surface area contributed by atoms with E-state index in [0.717, 1.165) is 27.0 Å². The molecule has 0 radical (unpaired) electrons. The quantitative estimate of drug-likeness (QED) is 0.863. The predicted octanol–water partition coefficient (Wildman–Crippen LogP) is 2.75. The van der Waals surface area contributed by atoms with Crippen LogP contribution in [-0.2, 0) is 11.2 Å². The van der Waals surface area contributed by atoms with E-state index in [2.05, 4.69) is 16.0 Å². The van der Waals surface area contributed by atoms with Crippen LogP contribution in [0.4, 0.5) is 11.5 Å². The third kappa shape index (κ3) is 2.22. The van der Waals surface area contributed by atoms with Gasteiger partial charge in [0.15, 0.2) is 5.82 Å². The number of ether oxygens (including phenoxy) is 1. The number of aromatic nitrogens is 2. The van der Waals surface area contributed by atoms with Gasteiger partial charge in [0, 0.05) is 24.4 Å². The summed E-state index contributed by atoms with van der Waals surface area (Å²) >= 11 is 1.57. The number of fused-ring (bicyclic) bond motifs is 2. The highest BCUT2D eigenvalue weighted by atomic mass is 32.2. The number of hydrogen-bond donors (Lipinski definition) is 0. The van der Waals surface area contributed by atoms with Crippen LogP contribution < -0.4 is 4.90 Å². The molecule has 0 saturated heterocycles. The molecule has 0 aliphatic carbocycles. The summed E-state index contributed by atoms with van der Waals surface area (Å²) in [5.74, 6) is 0.805. The van der Waals surface area contributed by atoms with Crippen LogP contribution in [0.1, 0.15) is 5.56 Å². The summed E-state index contributed by atoms with van der Waals surface area (Å²) in [4.78, 5) is 11.8. The molecule has 2 aromatic rings. The zero-order valence-corrected chi connectivity index (χ0v) is 11.7. The fourth-order valence-electron chi connectivity index (χ4n) is 2.12. The molecule has 0 saturated carbocycles. The van der Waals surface area contributed by atoms with Crippen molar-refractivity contribution in [3.63, 3.8) is 0 Å². The van der Waals surface area contributed by atoms with Crippen molar-refractivity contribution in [2.24, 2.45) is 0 Å². The Bertz CT molecular complexity index is 683. The summed E-state index contributed by atoms with van der Waals surface area (Å²) in [5.41, 5.74) is 2.04. The lowest BCUT2D eigenvalue weighted by molar-refractivity contribution is 0.204. The molecule has 1 aromatic carbocycles. The molecule has 0 atom stereocenters. The Morgan fingerprint density at radius 1 is 1.35 bits per heavy atom. The number of nitriles is 1. The van der Waals surface area contributed by atoms with Crippen molar-refractivity contribution < 1.29 is 4.74 Å². The van der Waals surface area contributed by atoms with Gasteiger partial charge in [0.2, 0.25) is 0 Å². The SMILES string of the molecule is COCN1c2ccc(CC#N)cc2Sc2nccnc21. The Hall–Kier alpha value is -2.10. The summed E-state index contributed by atoms with van der Waals surface area (Å²) in [6, 6.07) is 8.17. The van der Waals surface area contributed by atoms with Gasteiger partial charge in [-0.3, -0.25) is 4.90 Å². The highest BCUT2D eigenvalue weighted by Crippen LogP contribution is 2.46. The first-order chi connectivity index (χ1) is 9.83. The van der Waals surface area contributed by atoms with Gasteiger partial charge in [-0.2, -0.15) is 5.26 Å². The van der Waals surface area contributed by atoms with Crippen molar-refractivity contribution in [3.8, 4) is 6.07 Å². The van der Waals surface area contributed by atoms with Gasteiger partial charge in [0.25, 0.3) is 0 Å². The second kappa shape index (κ2) is 5.49. The highest BCUT2D eigenvalue weighted by Gasteiger charge is 2.25. The molecule has 1 aromatic heterocycles. The van der Waals surface area contributed by atoms with Gasteiger partial charge in [-0.25, -0.2) is 9.97 Å². The molecule has 0 fully saturated rings. The molecule has 0 spiro atoms. The van der Waals surface area contributed by atoms with Crippen molar-refractivity contribution in [3.05, 3.63) is 36.2 Å². The van der Waals surface area contributed by atoms with Crippen LogP contribution in [0.2, 0.25) is 0 Å². The molecule has 0 bridgehead atoms. The molecule has 1 aliphatic heterocycles. The van der Waals surface area contributed by atoms with E-state index in [-0.39, 0.29) is 0 Å². The summed E-state index contributed by atoms with van der Waals surface area (Å²) < 4.78 is 5.27. The van der Waals surface area contributed by atoms with Crippen molar-refractivity contribution >= 4 is 23.3 Å². The maximum atomic E-state index is 8.81. The number of rotatable bonds is 3. The van der Waals surface area contributed by atoms with E-state index >= 15 is 0 Å². The number of anilines is 2. The van der Waals surface area contributed by atoms with Crippen LogP contribution in [0.15, 0.2) is 40.5 Å². The Labute approximate surface area is 121 Å². The maximum Gasteiger partial charge on any atom is 0.168 e. The monoisotopic (exact) mass is 284 g/mol. The van der Waals surface area contributed by atoms with Gasteiger partial charge in [-0.15, -0.1) is 0 Å². The fourth-order valence-corrected chi connectivity index (χ4v) is 3.19. The zero-order chi connectivity index (χ0) is 13.9. The van der Waals surface area contributed by atoms with Gasteiger partial charge in [0.05, 0.1) is 18.2 Å². The molecule has 100 valence electrons. The molecule has 20 heavy (non-hydrogen) atoms. The molecule has 0 unspecified atom stereocenters. The summed E-state index contributed by atoms with van der Waals surface area (Å²) in [6.45, 7) is 0.414. The predicted molar refractivity (Wildman–Crippen MR) is 75.9 cm³/mol. The molecular weight excluding hydrogens is 272 g/mol. The van der Waals surface area contributed by atoms with E-state index in [1.807, 2.05) is 23.1 Å². The minimum absolute atomic E-state index is 0.408. The van der Waals surface area contributed by atoms with E-state index in [4.69, 9.17) is 10.00 Å². The third-order valence-corrected chi connectivity index (χ3v) is 3.99. The molecular formula is C14H12N4OS. The van der Waals surface area contributed by atoms with E-state index in [0.29, 0.717) is 13.2 Å². The van der Waals surface area contributed by atoms with Crippen LogP contribution >= 0.6 is 11.8 Å². The van der Waals surface area contributed by atoms with Gasteiger partial charge >= 0.3 is 0 Å². The van der Waals surface area contributed by atoms with E-state index in [1.54, 1.807) is 31.3 Å². The van der Waals surface area contributed by atoms with Crippen LogP contribution in [0, 0.1) is 11.3 Å². The number of benzene rings is 1. The average Bonchev–Trinajstić information content (AvgIpc) is 2.47. The van der Waals surface area contributed by atoms with E-state index < -0.39 is 0 Å². The maximum absolute atomic E-state index is 8.81. The molecule has 5 nitrogen and oxygen atoms in total. The number of nitrogens with zero attached hydrogens (tertiary/aromatic N) is 4. The molecule has 6 heteroatoms. The Balaban J connectivity index is 2.08. The topological polar surface area (TPSA) is 62.0 Å². The summed E-state index contributed by atoms with van der Waals surface area (Å²) in [6.07, 6.45) is 3.77. The summed E-state index contributed by atoms with van der Waals surface area (Å²) in [5, 5.41) is 9.66. The van der Waals surface area contributed by atoms with Crippen LogP contribution in [0.3, 0.4) is 0 Å². The van der Waals surface area contributed by atoms with E-state index in [1.165, 1.54) is 0 Å². The zero-order valence-electron chi connectivity index (χ0n) is 10.9. The van der Waals surface area contributed by atoms with Crippen molar-refractivity contribution in [1.29, 1.82) is 5.26 Å². The standard InChI is InChI=1S/C14H12N4OS/c1-19-9-18-11-3-2-10(4-5-15)8-12(11)20-14-13(18)16-6-7-17-14/h2-3,6-8H,4,9H2,1H3. The van der Waals surface area contributed by atoms with Gasteiger partial charge < -0.3 is 4.74 Å². The normalized spacial score (nSPS) is 12.5. The number of hydrogen-bond acceptors (Lipinski definition) is 6. The second-order valence-corrected chi connectivity index (χ2v) is 5.30.